The zero-order valence-corrected chi connectivity index (χ0v) is 13.5. The molecular weight excluding hydrogens is 318 g/mol. The first-order valence-corrected chi connectivity index (χ1v) is 8.64. The molecule has 2 aromatic heterocycles. The molecule has 0 bridgehead atoms. The minimum absolute atomic E-state index is 0.292. The van der Waals surface area contributed by atoms with E-state index < -0.39 is 0 Å². The molecular formula is C17H14ClNO2S. The van der Waals surface area contributed by atoms with Crippen molar-refractivity contribution >= 4 is 33.2 Å². The van der Waals surface area contributed by atoms with Crippen LogP contribution in [0.25, 0.3) is 21.7 Å². The first-order chi connectivity index (χ1) is 10.7. The van der Waals surface area contributed by atoms with Crippen LogP contribution in [0, 0.1) is 0 Å². The van der Waals surface area contributed by atoms with Gasteiger partial charge in [0.2, 0.25) is 5.89 Å². The monoisotopic (exact) mass is 331 g/mol. The summed E-state index contributed by atoms with van der Waals surface area (Å²) in [5.74, 6) is 0.305. The molecule has 0 fully saturated rings. The van der Waals surface area contributed by atoms with Gasteiger partial charge in [-0.3, -0.25) is 0 Å². The number of benzene rings is 1. The Balaban J connectivity index is 1.95. The molecule has 1 aliphatic carbocycles. The Morgan fingerprint density at radius 1 is 1.14 bits per heavy atom. The minimum Gasteiger partial charge on any atom is -0.403 e. The van der Waals surface area contributed by atoms with Gasteiger partial charge in [0.15, 0.2) is 0 Å². The van der Waals surface area contributed by atoms with Gasteiger partial charge in [0.05, 0.1) is 10.6 Å². The Kier molecular flexibility index (Phi) is 3.51. The lowest BCUT2D eigenvalue weighted by Crippen LogP contribution is -2.04. The molecule has 0 N–H and O–H groups in total. The van der Waals surface area contributed by atoms with E-state index in [0.29, 0.717) is 21.9 Å². The van der Waals surface area contributed by atoms with Crippen LogP contribution >= 0.6 is 22.9 Å². The lowest BCUT2D eigenvalue weighted by Gasteiger charge is -2.02. The van der Waals surface area contributed by atoms with Crippen LogP contribution in [0.1, 0.15) is 29.7 Å². The fourth-order valence-electron chi connectivity index (χ4n) is 3.02. The number of halogens is 1. The van der Waals surface area contributed by atoms with Gasteiger partial charge < -0.3 is 4.42 Å². The maximum absolute atomic E-state index is 12.5. The number of aromatic nitrogens is 1. The second-order valence-corrected chi connectivity index (χ2v) is 7.02. The average Bonchev–Trinajstić information content (AvgIpc) is 2.70. The third kappa shape index (κ3) is 2.27. The van der Waals surface area contributed by atoms with Gasteiger partial charge in [0.1, 0.15) is 10.2 Å². The van der Waals surface area contributed by atoms with E-state index >= 15 is 0 Å². The van der Waals surface area contributed by atoms with Crippen LogP contribution in [0.4, 0.5) is 0 Å². The largest absolute Gasteiger partial charge is 0.403 e. The Hall–Kier alpha value is -1.65. The van der Waals surface area contributed by atoms with Crippen molar-refractivity contribution in [2.24, 2.45) is 0 Å². The molecule has 1 aromatic carbocycles. The third-order valence-electron chi connectivity index (χ3n) is 4.10. The van der Waals surface area contributed by atoms with Crippen LogP contribution in [0.15, 0.2) is 33.5 Å². The van der Waals surface area contributed by atoms with Crippen LogP contribution in [0.2, 0.25) is 5.02 Å². The summed E-state index contributed by atoms with van der Waals surface area (Å²) < 4.78 is 5.48. The quantitative estimate of drug-likeness (QED) is 0.599. The molecule has 0 aliphatic heterocycles. The first kappa shape index (κ1) is 14.0. The Morgan fingerprint density at radius 2 is 1.95 bits per heavy atom. The molecule has 22 heavy (non-hydrogen) atoms. The molecule has 3 nitrogen and oxygen atoms in total. The molecule has 0 saturated carbocycles. The summed E-state index contributed by atoms with van der Waals surface area (Å²) in [6.07, 6.45) is 5.52. The number of aryl methyl sites for hydroxylation is 2. The smallest absolute Gasteiger partial charge is 0.348 e. The summed E-state index contributed by atoms with van der Waals surface area (Å²) in [4.78, 5) is 19.1. The molecule has 1 aliphatic rings. The molecule has 0 saturated heterocycles. The topological polar surface area (TPSA) is 43.1 Å². The average molecular weight is 332 g/mol. The molecule has 0 amide bonds. The van der Waals surface area contributed by atoms with Gasteiger partial charge >= 0.3 is 5.63 Å². The fourth-order valence-corrected chi connectivity index (χ4v) is 4.48. The van der Waals surface area contributed by atoms with Gasteiger partial charge in [0.25, 0.3) is 0 Å². The number of nitrogens with zero attached hydrogens (tertiary/aromatic N) is 1. The number of hydrogen-bond acceptors (Lipinski definition) is 4. The summed E-state index contributed by atoms with van der Waals surface area (Å²) in [6, 6.07) is 7.29. The zero-order chi connectivity index (χ0) is 15.1. The summed E-state index contributed by atoms with van der Waals surface area (Å²) >= 11 is 7.81. The normalized spacial score (nSPS) is 14.8. The second kappa shape index (κ2) is 5.52. The Morgan fingerprint density at radius 3 is 2.82 bits per heavy atom. The third-order valence-corrected chi connectivity index (χ3v) is 5.62. The van der Waals surface area contributed by atoms with Crippen molar-refractivity contribution in [3.05, 3.63) is 50.1 Å². The Labute approximate surface area is 136 Å². The van der Waals surface area contributed by atoms with Gasteiger partial charge in [-0.05, 0) is 43.4 Å². The highest BCUT2D eigenvalue weighted by Gasteiger charge is 2.20. The van der Waals surface area contributed by atoms with E-state index in [9.17, 15) is 4.79 Å². The van der Waals surface area contributed by atoms with Crippen molar-refractivity contribution < 1.29 is 4.42 Å². The zero-order valence-electron chi connectivity index (χ0n) is 11.9. The number of rotatable bonds is 1. The SMILES string of the molecule is O=c1oc(-c2ccccc2Cl)nc2sc3c(c12)CCCCC3. The maximum atomic E-state index is 12.5. The standard InChI is InChI=1S/C17H14ClNO2S/c18-12-8-5-4-6-10(12)15-19-16-14(17(20)21-15)11-7-2-1-3-9-13(11)22-16/h4-6,8H,1-3,7,9H2. The summed E-state index contributed by atoms with van der Waals surface area (Å²) in [5, 5.41) is 1.22. The highest BCUT2D eigenvalue weighted by molar-refractivity contribution is 7.18. The first-order valence-electron chi connectivity index (χ1n) is 7.44. The highest BCUT2D eigenvalue weighted by atomic mass is 35.5. The summed E-state index contributed by atoms with van der Waals surface area (Å²) in [6.45, 7) is 0. The minimum atomic E-state index is -0.292. The van der Waals surface area contributed by atoms with Crippen molar-refractivity contribution in [1.82, 2.24) is 4.98 Å². The van der Waals surface area contributed by atoms with E-state index in [2.05, 4.69) is 4.98 Å². The highest BCUT2D eigenvalue weighted by Crippen LogP contribution is 2.35. The molecule has 0 spiro atoms. The molecule has 0 radical (unpaired) electrons. The molecule has 2 heterocycles. The summed E-state index contributed by atoms with van der Waals surface area (Å²) in [5.41, 5.74) is 1.52. The summed E-state index contributed by atoms with van der Waals surface area (Å²) in [7, 11) is 0. The predicted octanol–water partition coefficient (Wildman–Crippen LogP) is 4.84. The van der Waals surface area contributed by atoms with E-state index in [1.54, 1.807) is 17.4 Å². The van der Waals surface area contributed by atoms with Crippen molar-refractivity contribution in [2.75, 3.05) is 0 Å². The van der Waals surface area contributed by atoms with Crippen molar-refractivity contribution in [1.29, 1.82) is 0 Å². The molecule has 0 atom stereocenters. The van der Waals surface area contributed by atoms with Crippen LogP contribution < -0.4 is 5.63 Å². The van der Waals surface area contributed by atoms with Gasteiger partial charge in [-0.15, -0.1) is 11.3 Å². The van der Waals surface area contributed by atoms with Crippen LogP contribution in [0.3, 0.4) is 0 Å². The number of fused-ring (bicyclic) bond motifs is 3. The molecule has 5 heteroatoms. The predicted molar refractivity (Wildman–Crippen MR) is 89.9 cm³/mol. The van der Waals surface area contributed by atoms with Crippen molar-refractivity contribution in [2.45, 2.75) is 32.1 Å². The lowest BCUT2D eigenvalue weighted by molar-refractivity contribution is 0.518. The number of thiophene rings is 1. The van der Waals surface area contributed by atoms with Crippen LogP contribution in [-0.2, 0) is 12.8 Å². The second-order valence-electron chi connectivity index (χ2n) is 5.53. The van der Waals surface area contributed by atoms with E-state index in [0.717, 1.165) is 29.7 Å². The van der Waals surface area contributed by atoms with Crippen molar-refractivity contribution in [3.8, 4) is 11.5 Å². The van der Waals surface area contributed by atoms with E-state index in [1.807, 2.05) is 18.2 Å². The van der Waals surface area contributed by atoms with Crippen LogP contribution in [-0.4, -0.2) is 4.98 Å². The number of hydrogen-bond donors (Lipinski definition) is 0. The van der Waals surface area contributed by atoms with E-state index in [-0.39, 0.29) is 5.63 Å². The molecule has 3 aromatic rings. The van der Waals surface area contributed by atoms with Gasteiger partial charge in [-0.1, -0.05) is 30.2 Å². The van der Waals surface area contributed by atoms with Gasteiger partial charge in [0, 0.05) is 4.88 Å². The van der Waals surface area contributed by atoms with E-state index in [4.69, 9.17) is 16.0 Å². The molecule has 4 rings (SSSR count). The Bertz CT molecular complexity index is 913. The van der Waals surface area contributed by atoms with E-state index in [1.165, 1.54) is 17.7 Å². The lowest BCUT2D eigenvalue weighted by atomic mass is 10.1. The van der Waals surface area contributed by atoms with Crippen LogP contribution in [0.5, 0.6) is 0 Å². The van der Waals surface area contributed by atoms with Gasteiger partial charge in [-0.2, -0.15) is 0 Å². The molecule has 112 valence electrons. The fraction of sp³-hybridized carbons (Fsp3) is 0.294. The molecule has 0 unspecified atom stereocenters. The van der Waals surface area contributed by atoms with Gasteiger partial charge in [-0.25, -0.2) is 9.78 Å². The maximum Gasteiger partial charge on any atom is 0.348 e. The van der Waals surface area contributed by atoms with Crippen molar-refractivity contribution in [3.63, 3.8) is 0 Å².